The van der Waals surface area contributed by atoms with Gasteiger partial charge in [0.25, 0.3) is 5.56 Å². The van der Waals surface area contributed by atoms with E-state index in [1.165, 1.54) is 0 Å². The first-order valence-electron chi connectivity index (χ1n) is 7.45. The molecule has 3 rings (SSSR count). The first kappa shape index (κ1) is 15.7. The number of hydrogen-bond acceptors (Lipinski definition) is 6. The largest absolute Gasteiger partial charge is 0.465 e. The van der Waals surface area contributed by atoms with Gasteiger partial charge in [0.2, 0.25) is 11.9 Å². The molecule has 124 valence electrons. The normalized spacial score (nSPS) is 19.3. The van der Waals surface area contributed by atoms with E-state index in [0.29, 0.717) is 5.56 Å². The van der Waals surface area contributed by atoms with E-state index in [4.69, 9.17) is 10.5 Å². The molecule has 1 aliphatic heterocycles. The smallest absolute Gasteiger partial charge is 0.319 e. The number of carbonyl (C=O) groups excluding carboxylic acids is 2. The maximum atomic E-state index is 12.5. The number of aromatic nitrogens is 2. The summed E-state index contributed by atoms with van der Waals surface area (Å²) in [6.45, 7) is 1.78. The Morgan fingerprint density at radius 3 is 2.67 bits per heavy atom. The Morgan fingerprint density at radius 2 is 2.00 bits per heavy atom. The second kappa shape index (κ2) is 6.15. The Balaban J connectivity index is 2.23. The number of anilines is 2. The van der Waals surface area contributed by atoms with E-state index in [9.17, 15) is 14.4 Å². The number of fused-ring (bicyclic) bond motifs is 1. The van der Waals surface area contributed by atoms with Gasteiger partial charge in [-0.2, -0.15) is 4.98 Å². The minimum atomic E-state index is -1.17. The SMILES string of the molecule is CCOC(=O)[C@H]1C(=O)Nc2nc(N)[nH]c(=O)c2[C@@H]1c1ccccc1. The van der Waals surface area contributed by atoms with Gasteiger partial charge in [-0.05, 0) is 12.5 Å². The van der Waals surface area contributed by atoms with E-state index in [2.05, 4.69) is 15.3 Å². The van der Waals surface area contributed by atoms with Crippen molar-refractivity contribution in [3.63, 3.8) is 0 Å². The molecule has 0 saturated heterocycles. The van der Waals surface area contributed by atoms with Crippen molar-refractivity contribution >= 4 is 23.6 Å². The standard InChI is InChI=1S/C16H16N4O4/c1-2-24-15(23)11-9(8-6-4-3-5-7-8)10-12(18-14(11)22)19-16(17)20-13(10)21/h3-7,9,11H,2H2,1H3,(H4,17,18,19,20,21,22)/t9-,11+/m0/s1. The van der Waals surface area contributed by atoms with Gasteiger partial charge in [0, 0.05) is 5.92 Å². The van der Waals surface area contributed by atoms with Gasteiger partial charge < -0.3 is 15.8 Å². The summed E-state index contributed by atoms with van der Waals surface area (Å²) in [6.07, 6.45) is 0. The molecule has 1 aromatic carbocycles. The zero-order valence-electron chi connectivity index (χ0n) is 12.9. The molecule has 0 bridgehead atoms. The lowest BCUT2D eigenvalue weighted by atomic mass is 9.78. The predicted molar refractivity (Wildman–Crippen MR) is 86.3 cm³/mol. The lowest BCUT2D eigenvalue weighted by Crippen LogP contribution is -2.43. The van der Waals surface area contributed by atoms with Crippen LogP contribution in [-0.2, 0) is 14.3 Å². The highest BCUT2D eigenvalue weighted by Gasteiger charge is 2.44. The number of carbonyl (C=O) groups is 2. The molecule has 0 saturated carbocycles. The number of ether oxygens (including phenoxy) is 1. The van der Waals surface area contributed by atoms with Crippen molar-refractivity contribution in [3.8, 4) is 0 Å². The van der Waals surface area contributed by atoms with Crippen LogP contribution >= 0.6 is 0 Å². The summed E-state index contributed by atoms with van der Waals surface area (Å²) in [4.78, 5) is 43.6. The Kier molecular flexibility index (Phi) is 4.03. The highest BCUT2D eigenvalue weighted by molar-refractivity contribution is 6.08. The van der Waals surface area contributed by atoms with E-state index in [-0.39, 0.29) is 23.9 Å². The third kappa shape index (κ3) is 2.62. The summed E-state index contributed by atoms with van der Waals surface area (Å²) < 4.78 is 5.03. The molecule has 0 unspecified atom stereocenters. The van der Waals surface area contributed by atoms with Gasteiger partial charge in [0.1, 0.15) is 11.7 Å². The zero-order chi connectivity index (χ0) is 17.3. The minimum Gasteiger partial charge on any atom is -0.465 e. The molecule has 8 heteroatoms. The molecule has 0 aliphatic carbocycles. The number of nitrogens with two attached hydrogens (primary N) is 1. The van der Waals surface area contributed by atoms with Crippen LogP contribution in [-0.4, -0.2) is 28.5 Å². The highest BCUT2D eigenvalue weighted by Crippen LogP contribution is 2.38. The molecule has 4 N–H and O–H groups in total. The van der Waals surface area contributed by atoms with E-state index < -0.39 is 29.3 Å². The van der Waals surface area contributed by atoms with Crippen LogP contribution in [0.1, 0.15) is 24.0 Å². The molecule has 1 aliphatic rings. The number of aromatic amines is 1. The molecule has 8 nitrogen and oxygen atoms in total. The minimum absolute atomic E-state index is 0.0654. The second-order valence-electron chi connectivity index (χ2n) is 5.32. The fourth-order valence-corrected chi connectivity index (χ4v) is 2.89. The summed E-state index contributed by atoms with van der Waals surface area (Å²) >= 11 is 0. The van der Waals surface area contributed by atoms with Crippen LogP contribution in [0.15, 0.2) is 35.1 Å². The summed E-state index contributed by atoms with van der Waals surface area (Å²) in [5.41, 5.74) is 5.88. The topological polar surface area (TPSA) is 127 Å². The third-order valence-corrected chi connectivity index (χ3v) is 3.84. The molecule has 2 aromatic rings. The zero-order valence-corrected chi connectivity index (χ0v) is 12.9. The Labute approximate surface area is 137 Å². The maximum Gasteiger partial charge on any atom is 0.319 e. The average molecular weight is 328 g/mol. The quantitative estimate of drug-likeness (QED) is 0.560. The molecular weight excluding hydrogens is 312 g/mol. The summed E-state index contributed by atoms with van der Waals surface area (Å²) in [5, 5.41) is 2.48. The number of esters is 1. The van der Waals surface area contributed by atoms with Crippen LogP contribution < -0.4 is 16.6 Å². The van der Waals surface area contributed by atoms with Gasteiger partial charge in [-0.3, -0.25) is 19.4 Å². The lowest BCUT2D eigenvalue weighted by molar-refractivity contribution is -0.151. The van der Waals surface area contributed by atoms with E-state index in [1.54, 1.807) is 37.3 Å². The molecule has 0 radical (unpaired) electrons. The number of nitrogen functional groups attached to an aromatic ring is 1. The van der Waals surface area contributed by atoms with Gasteiger partial charge in [0.15, 0.2) is 0 Å². The maximum absolute atomic E-state index is 12.5. The van der Waals surface area contributed by atoms with E-state index in [0.717, 1.165) is 0 Å². The molecule has 1 aromatic heterocycles. The molecule has 2 atom stereocenters. The number of nitrogens with one attached hydrogen (secondary N) is 2. The summed E-state index contributed by atoms with van der Waals surface area (Å²) in [6, 6.07) is 8.83. The van der Waals surface area contributed by atoms with E-state index in [1.807, 2.05) is 0 Å². The number of H-pyrrole nitrogens is 1. The molecular formula is C16H16N4O4. The Morgan fingerprint density at radius 1 is 1.29 bits per heavy atom. The average Bonchev–Trinajstić information content (AvgIpc) is 2.54. The number of amides is 1. The van der Waals surface area contributed by atoms with Gasteiger partial charge >= 0.3 is 5.97 Å². The number of hydrogen-bond donors (Lipinski definition) is 3. The summed E-state index contributed by atoms with van der Waals surface area (Å²) in [5.74, 6) is -3.29. The number of benzene rings is 1. The Hall–Kier alpha value is -3.16. The fraction of sp³-hybridized carbons (Fsp3) is 0.250. The predicted octanol–water partition coefficient (Wildman–Crippen LogP) is 0.615. The number of rotatable bonds is 3. The van der Waals surface area contributed by atoms with Gasteiger partial charge in [-0.25, -0.2) is 0 Å². The van der Waals surface area contributed by atoms with Crippen molar-refractivity contribution in [3.05, 3.63) is 51.8 Å². The van der Waals surface area contributed by atoms with Crippen LogP contribution in [0, 0.1) is 5.92 Å². The van der Waals surface area contributed by atoms with Crippen molar-refractivity contribution < 1.29 is 14.3 Å². The lowest BCUT2D eigenvalue weighted by Gasteiger charge is -2.30. The van der Waals surface area contributed by atoms with Crippen LogP contribution in [0.4, 0.5) is 11.8 Å². The van der Waals surface area contributed by atoms with Crippen LogP contribution in [0.5, 0.6) is 0 Å². The Bertz CT molecular complexity index is 847. The highest BCUT2D eigenvalue weighted by atomic mass is 16.5. The van der Waals surface area contributed by atoms with Gasteiger partial charge in [-0.1, -0.05) is 30.3 Å². The molecule has 24 heavy (non-hydrogen) atoms. The van der Waals surface area contributed by atoms with Gasteiger partial charge in [0.05, 0.1) is 12.2 Å². The van der Waals surface area contributed by atoms with Crippen molar-refractivity contribution in [2.45, 2.75) is 12.8 Å². The van der Waals surface area contributed by atoms with Gasteiger partial charge in [-0.15, -0.1) is 0 Å². The molecule has 0 spiro atoms. The van der Waals surface area contributed by atoms with Crippen LogP contribution in [0.2, 0.25) is 0 Å². The van der Waals surface area contributed by atoms with Crippen molar-refractivity contribution in [2.75, 3.05) is 17.7 Å². The molecule has 1 amide bonds. The van der Waals surface area contributed by atoms with Crippen molar-refractivity contribution in [1.82, 2.24) is 9.97 Å². The van der Waals surface area contributed by atoms with E-state index >= 15 is 0 Å². The first-order valence-corrected chi connectivity index (χ1v) is 7.45. The number of nitrogens with zero attached hydrogens (tertiary/aromatic N) is 1. The molecule has 0 fully saturated rings. The van der Waals surface area contributed by atoms with Crippen molar-refractivity contribution in [2.24, 2.45) is 5.92 Å². The summed E-state index contributed by atoms with van der Waals surface area (Å²) in [7, 11) is 0. The monoisotopic (exact) mass is 328 g/mol. The van der Waals surface area contributed by atoms with Crippen molar-refractivity contribution in [1.29, 1.82) is 0 Å². The third-order valence-electron chi connectivity index (χ3n) is 3.84. The van der Waals surface area contributed by atoms with Crippen LogP contribution in [0.25, 0.3) is 0 Å². The second-order valence-corrected chi connectivity index (χ2v) is 5.32. The van der Waals surface area contributed by atoms with Crippen LogP contribution in [0.3, 0.4) is 0 Å². The fourth-order valence-electron chi connectivity index (χ4n) is 2.89. The molecule has 2 heterocycles. The first-order chi connectivity index (χ1) is 11.5.